The van der Waals surface area contributed by atoms with Crippen LogP contribution in [0.1, 0.15) is 19.3 Å². The van der Waals surface area contributed by atoms with Gasteiger partial charge >= 0.3 is 0 Å². The Labute approximate surface area is 127 Å². The molecule has 0 atom stereocenters. The van der Waals surface area contributed by atoms with Crippen LogP contribution in [-0.2, 0) is 0 Å². The lowest BCUT2D eigenvalue weighted by atomic mass is 10.3. The lowest BCUT2D eigenvalue weighted by Gasteiger charge is -2.11. The van der Waals surface area contributed by atoms with E-state index in [0.29, 0.717) is 28.1 Å². The fourth-order valence-electron chi connectivity index (χ4n) is 1.83. The number of nitro groups is 1. The third-order valence-electron chi connectivity index (χ3n) is 2.94. The van der Waals surface area contributed by atoms with Crippen molar-refractivity contribution in [3.8, 4) is 0 Å². The van der Waals surface area contributed by atoms with Gasteiger partial charge in [0.15, 0.2) is 5.82 Å². The quantitative estimate of drug-likeness (QED) is 0.592. The molecule has 0 radical (unpaired) electrons. The molecule has 0 heterocycles. The molecule has 0 unspecified atom stereocenters. The summed E-state index contributed by atoms with van der Waals surface area (Å²) in [5.41, 5.74) is 0.606. The van der Waals surface area contributed by atoms with Gasteiger partial charge in [-0.05, 0) is 30.5 Å². The number of nitrogens with one attached hydrogen (secondary N) is 2. The zero-order valence-electron chi connectivity index (χ0n) is 10.7. The average molecular weight is 316 g/mol. The van der Waals surface area contributed by atoms with Crippen molar-refractivity contribution < 1.29 is 4.92 Å². The normalized spacial score (nSPS) is 15.0. The number of hydrogen-bond acceptors (Lipinski definition) is 4. The van der Waals surface area contributed by atoms with E-state index in [4.69, 9.17) is 23.2 Å². The highest BCUT2D eigenvalue weighted by Gasteiger charge is 2.20. The van der Waals surface area contributed by atoms with Crippen molar-refractivity contribution in [3.05, 3.63) is 50.4 Å². The first-order valence-electron chi connectivity index (χ1n) is 6.35. The molecule has 0 spiro atoms. The summed E-state index contributed by atoms with van der Waals surface area (Å²) in [4.78, 5) is 10.1. The second-order valence-corrected chi connectivity index (χ2v) is 5.64. The second kappa shape index (κ2) is 6.81. The van der Waals surface area contributed by atoms with Crippen LogP contribution in [0.2, 0.25) is 10.0 Å². The summed E-state index contributed by atoms with van der Waals surface area (Å²) in [6.07, 6.45) is 4.44. The van der Waals surface area contributed by atoms with Crippen LogP contribution >= 0.6 is 23.2 Å². The van der Waals surface area contributed by atoms with Crippen LogP contribution in [0.3, 0.4) is 0 Å². The molecule has 0 amide bonds. The van der Waals surface area contributed by atoms with Crippen molar-refractivity contribution in [1.29, 1.82) is 0 Å². The van der Waals surface area contributed by atoms with Crippen LogP contribution in [0.4, 0.5) is 5.69 Å². The Balaban J connectivity index is 1.99. The SMILES string of the molecule is O=[N+]([O-])/C=C(\NCCC1CC1)Nc1cc(Cl)cc(Cl)c1. The van der Waals surface area contributed by atoms with Gasteiger partial charge in [0.05, 0.1) is 4.92 Å². The molecule has 7 heteroatoms. The van der Waals surface area contributed by atoms with Gasteiger partial charge in [0.2, 0.25) is 0 Å². The first kappa shape index (κ1) is 14.9. The molecule has 2 rings (SSSR count). The molecule has 1 saturated carbocycles. The number of benzene rings is 1. The number of anilines is 1. The molecule has 0 saturated heterocycles. The van der Waals surface area contributed by atoms with Crippen molar-refractivity contribution in [3.63, 3.8) is 0 Å². The Morgan fingerprint density at radius 2 is 2.00 bits per heavy atom. The highest BCUT2D eigenvalue weighted by atomic mass is 35.5. The van der Waals surface area contributed by atoms with E-state index in [1.165, 1.54) is 12.8 Å². The van der Waals surface area contributed by atoms with Gasteiger partial charge in [-0.25, -0.2) is 0 Å². The summed E-state index contributed by atoms with van der Waals surface area (Å²) in [5.74, 6) is 1.09. The minimum absolute atomic E-state index is 0.328. The van der Waals surface area contributed by atoms with Crippen molar-refractivity contribution in [1.82, 2.24) is 5.32 Å². The number of nitrogens with zero attached hydrogens (tertiary/aromatic N) is 1. The third kappa shape index (κ3) is 5.27. The smallest absolute Gasteiger partial charge is 0.274 e. The van der Waals surface area contributed by atoms with Gasteiger partial charge in [-0.2, -0.15) is 0 Å². The monoisotopic (exact) mass is 315 g/mol. The average Bonchev–Trinajstić information content (AvgIpc) is 3.10. The molecule has 1 aromatic carbocycles. The Bertz CT molecular complexity index is 510. The lowest BCUT2D eigenvalue weighted by Crippen LogP contribution is -2.22. The predicted molar refractivity (Wildman–Crippen MR) is 80.5 cm³/mol. The standard InChI is InChI=1S/C13H15Cl2N3O2/c14-10-5-11(15)7-12(6-10)17-13(8-18(19)20)16-4-3-9-1-2-9/h5-9,16-17H,1-4H2/b13-8+. The molecule has 108 valence electrons. The van der Waals surface area contributed by atoms with E-state index in [0.717, 1.165) is 18.5 Å². The zero-order valence-corrected chi connectivity index (χ0v) is 12.2. The van der Waals surface area contributed by atoms with E-state index in [1.54, 1.807) is 18.2 Å². The second-order valence-electron chi connectivity index (χ2n) is 4.77. The Hall–Kier alpha value is -1.46. The van der Waals surface area contributed by atoms with Gasteiger partial charge in [-0.15, -0.1) is 0 Å². The maximum Gasteiger partial charge on any atom is 0.274 e. The summed E-state index contributed by atoms with van der Waals surface area (Å²) < 4.78 is 0. The largest absolute Gasteiger partial charge is 0.366 e. The summed E-state index contributed by atoms with van der Waals surface area (Å²) in [6.45, 7) is 0.700. The Morgan fingerprint density at radius 1 is 1.35 bits per heavy atom. The van der Waals surface area contributed by atoms with Gasteiger partial charge < -0.3 is 10.6 Å². The minimum atomic E-state index is -0.501. The van der Waals surface area contributed by atoms with Gasteiger partial charge in [0.1, 0.15) is 0 Å². The summed E-state index contributed by atoms with van der Waals surface area (Å²) in [6, 6.07) is 4.92. The summed E-state index contributed by atoms with van der Waals surface area (Å²) >= 11 is 11.8. The maximum absolute atomic E-state index is 10.6. The van der Waals surface area contributed by atoms with Crippen LogP contribution in [0.5, 0.6) is 0 Å². The van der Waals surface area contributed by atoms with Crippen molar-refractivity contribution in [2.24, 2.45) is 5.92 Å². The molecule has 5 nitrogen and oxygen atoms in total. The lowest BCUT2D eigenvalue weighted by molar-refractivity contribution is -0.403. The molecule has 0 bridgehead atoms. The molecule has 2 N–H and O–H groups in total. The van der Waals surface area contributed by atoms with Gasteiger partial charge in [-0.3, -0.25) is 10.1 Å². The van der Waals surface area contributed by atoms with Crippen LogP contribution in [0.25, 0.3) is 0 Å². The topological polar surface area (TPSA) is 67.2 Å². The molecule has 1 aliphatic carbocycles. The number of hydrogen-bond donors (Lipinski definition) is 2. The van der Waals surface area contributed by atoms with E-state index < -0.39 is 4.92 Å². The molecule has 0 aromatic heterocycles. The molecule has 0 aliphatic heterocycles. The van der Waals surface area contributed by atoms with Crippen LogP contribution in [0.15, 0.2) is 30.2 Å². The van der Waals surface area contributed by atoms with E-state index in [2.05, 4.69) is 10.6 Å². The fourth-order valence-corrected chi connectivity index (χ4v) is 2.35. The van der Waals surface area contributed by atoms with Gasteiger partial charge in [0, 0.05) is 22.3 Å². The minimum Gasteiger partial charge on any atom is -0.366 e. The first-order valence-corrected chi connectivity index (χ1v) is 7.11. The molecule has 1 fully saturated rings. The van der Waals surface area contributed by atoms with Crippen LogP contribution in [0, 0.1) is 16.0 Å². The van der Waals surface area contributed by atoms with E-state index in [-0.39, 0.29) is 0 Å². The molecule has 1 aromatic rings. The Kier molecular flexibility index (Phi) is 5.09. The van der Waals surface area contributed by atoms with E-state index in [1.807, 2.05) is 0 Å². The van der Waals surface area contributed by atoms with Gasteiger partial charge in [-0.1, -0.05) is 36.0 Å². The third-order valence-corrected chi connectivity index (χ3v) is 3.38. The summed E-state index contributed by atoms with van der Waals surface area (Å²) in [5, 5.41) is 17.5. The van der Waals surface area contributed by atoms with Crippen molar-refractivity contribution >= 4 is 28.9 Å². The fraction of sp³-hybridized carbons (Fsp3) is 0.385. The number of rotatable bonds is 7. The predicted octanol–water partition coefficient (Wildman–Crippen LogP) is 3.87. The maximum atomic E-state index is 10.6. The molecule has 20 heavy (non-hydrogen) atoms. The molecular weight excluding hydrogens is 301 g/mol. The van der Waals surface area contributed by atoms with Crippen molar-refractivity contribution in [2.45, 2.75) is 19.3 Å². The summed E-state index contributed by atoms with van der Waals surface area (Å²) in [7, 11) is 0. The zero-order chi connectivity index (χ0) is 14.5. The van der Waals surface area contributed by atoms with Gasteiger partial charge in [0.25, 0.3) is 6.20 Å². The van der Waals surface area contributed by atoms with Crippen LogP contribution < -0.4 is 10.6 Å². The van der Waals surface area contributed by atoms with Crippen LogP contribution in [-0.4, -0.2) is 11.5 Å². The van der Waals surface area contributed by atoms with E-state index >= 15 is 0 Å². The molecule has 1 aliphatic rings. The first-order chi connectivity index (χ1) is 9.52. The molecular formula is C13H15Cl2N3O2. The van der Waals surface area contributed by atoms with E-state index in [9.17, 15) is 10.1 Å². The highest BCUT2D eigenvalue weighted by molar-refractivity contribution is 6.35. The number of halogens is 2. The Morgan fingerprint density at radius 3 is 2.55 bits per heavy atom. The highest BCUT2D eigenvalue weighted by Crippen LogP contribution is 2.31. The van der Waals surface area contributed by atoms with Crippen molar-refractivity contribution in [2.75, 3.05) is 11.9 Å².